The molecule has 0 aromatic rings. The fraction of sp³-hybridized carbons (Fsp3) is 1.00. The van der Waals surface area contributed by atoms with Crippen LogP contribution in [0.5, 0.6) is 0 Å². The molecular formula is C4Br3F5. The lowest BCUT2D eigenvalue weighted by atomic mass is 9.86. The molecule has 0 heterocycles. The van der Waals surface area contributed by atoms with E-state index in [9.17, 15) is 22.0 Å². The van der Waals surface area contributed by atoms with Crippen LogP contribution >= 0.6 is 47.8 Å². The monoisotopic (exact) mass is 380 g/mol. The molecule has 0 saturated heterocycles. The topological polar surface area (TPSA) is 0 Å². The zero-order valence-electron chi connectivity index (χ0n) is 5.02. The summed E-state index contributed by atoms with van der Waals surface area (Å²) < 4.78 is 56.3. The van der Waals surface area contributed by atoms with Crippen LogP contribution in [0.3, 0.4) is 0 Å². The van der Waals surface area contributed by atoms with Crippen LogP contribution < -0.4 is 0 Å². The van der Waals surface area contributed by atoms with Gasteiger partial charge < -0.3 is 0 Å². The molecule has 0 N–H and O–H groups in total. The van der Waals surface area contributed by atoms with Gasteiger partial charge in [0.25, 0.3) is 4.58 Å². The molecule has 0 aromatic carbocycles. The fourth-order valence-electron chi connectivity index (χ4n) is 0.726. The molecule has 72 valence electrons. The van der Waals surface area contributed by atoms with Crippen molar-refractivity contribution >= 4 is 47.8 Å². The first-order valence-corrected chi connectivity index (χ1v) is 4.89. The minimum absolute atomic E-state index is 1.89. The van der Waals surface area contributed by atoms with E-state index in [0.717, 1.165) is 0 Å². The van der Waals surface area contributed by atoms with E-state index in [1.807, 2.05) is 15.9 Å². The predicted octanol–water partition coefficient (Wildman–Crippen LogP) is 3.82. The molecule has 1 rings (SSSR count). The molecule has 1 fully saturated rings. The highest BCUT2D eigenvalue weighted by molar-refractivity contribution is 9.26. The van der Waals surface area contributed by atoms with Gasteiger partial charge >= 0.3 is 11.8 Å². The third-order valence-electron chi connectivity index (χ3n) is 1.58. The van der Waals surface area contributed by atoms with Crippen molar-refractivity contribution in [1.82, 2.24) is 0 Å². The first-order chi connectivity index (χ1) is 5.00. The van der Waals surface area contributed by atoms with E-state index in [4.69, 9.17) is 0 Å². The Kier molecular flexibility index (Phi) is 2.20. The molecular weight excluding hydrogens is 383 g/mol. The average Bonchev–Trinajstić information content (AvgIpc) is 1.84. The first-order valence-electron chi connectivity index (χ1n) is 2.51. The van der Waals surface area contributed by atoms with Gasteiger partial charge in [0.1, 0.15) is 0 Å². The predicted molar refractivity (Wildman–Crippen MR) is 43.2 cm³/mol. The van der Waals surface area contributed by atoms with Crippen LogP contribution in [-0.4, -0.2) is 19.7 Å². The third kappa shape index (κ3) is 0.821. The Morgan fingerprint density at radius 2 is 1.00 bits per heavy atom. The largest absolute Gasteiger partial charge is 0.358 e. The highest BCUT2D eigenvalue weighted by Crippen LogP contribution is 2.74. The molecule has 1 unspecified atom stereocenters. The van der Waals surface area contributed by atoms with E-state index in [1.165, 1.54) is 0 Å². The van der Waals surface area contributed by atoms with Gasteiger partial charge in [-0.1, -0.05) is 31.9 Å². The maximum atomic E-state index is 12.8. The van der Waals surface area contributed by atoms with Gasteiger partial charge in [-0.25, -0.2) is 4.39 Å². The van der Waals surface area contributed by atoms with Gasteiger partial charge in [0.2, 0.25) is 0 Å². The second-order valence-electron chi connectivity index (χ2n) is 2.30. The summed E-state index contributed by atoms with van der Waals surface area (Å²) in [7, 11) is 0. The molecule has 0 amide bonds. The van der Waals surface area contributed by atoms with Crippen LogP contribution in [0.2, 0.25) is 0 Å². The smallest absolute Gasteiger partial charge is 0.221 e. The van der Waals surface area contributed by atoms with Crippen molar-refractivity contribution in [2.24, 2.45) is 0 Å². The molecule has 0 spiro atoms. The van der Waals surface area contributed by atoms with Gasteiger partial charge in [0.15, 0.2) is 3.23 Å². The standard InChI is InChI=1S/C4Br3F5/c5-1(6)2(7,8)4(11,12)3(1,9)10. The number of alkyl halides is 8. The summed E-state index contributed by atoms with van der Waals surface area (Å²) >= 11 is 6.19. The van der Waals surface area contributed by atoms with Crippen molar-refractivity contribution in [1.29, 1.82) is 0 Å². The first kappa shape index (κ1) is 11.2. The molecule has 1 atom stereocenters. The second-order valence-corrected chi connectivity index (χ2v) is 6.83. The van der Waals surface area contributed by atoms with Gasteiger partial charge in [-0.15, -0.1) is 0 Å². The molecule has 1 aliphatic rings. The van der Waals surface area contributed by atoms with Crippen molar-refractivity contribution < 1.29 is 22.0 Å². The molecule has 0 aromatic heterocycles. The maximum Gasteiger partial charge on any atom is 0.358 e. The van der Waals surface area contributed by atoms with Crippen LogP contribution in [0.1, 0.15) is 0 Å². The normalized spacial score (nSPS) is 42.0. The van der Waals surface area contributed by atoms with Gasteiger partial charge in [-0.2, -0.15) is 17.6 Å². The number of hydrogen-bond acceptors (Lipinski definition) is 0. The van der Waals surface area contributed by atoms with Gasteiger partial charge in [0.05, 0.1) is 0 Å². The number of hydrogen-bond donors (Lipinski definition) is 0. The van der Waals surface area contributed by atoms with Crippen LogP contribution in [0.4, 0.5) is 22.0 Å². The van der Waals surface area contributed by atoms with Gasteiger partial charge in [-0.05, 0) is 15.9 Å². The van der Waals surface area contributed by atoms with Crippen molar-refractivity contribution in [3.05, 3.63) is 0 Å². The van der Waals surface area contributed by atoms with Crippen molar-refractivity contribution in [2.75, 3.05) is 0 Å². The van der Waals surface area contributed by atoms with E-state index in [1.54, 1.807) is 0 Å². The third-order valence-corrected chi connectivity index (χ3v) is 5.82. The Labute approximate surface area is 89.3 Å². The summed E-state index contributed by atoms with van der Waals surface area (Å²) in [5.41, 5.74) is 0. The molecule has 8 heteroatoms. The van der Waals surface area contributed by atoms with E-state index in [0.29, 0.717) is 0 Å². The quantitative estimate of drug-likeness (QED) is 0.441. The zero-order chi connectivity index (χ0) is 10.0. The van der Waals surface area contributed by atoms with Crippen LogP contribution in [0, 0.1) is 0 Å². The molecule has 0 nitrogen and oxygen atoms in total. The van der Waals surface area contributed by atoms with Crippen LogP contribution in [0.25, 0.3) is 0 Å². The lowest BCUT2D eigenvalue weighted by Gasteiger charge is -2.54. The Bertz CT molecular complexity index is 159. The van der Waals surface area contributed by atoms with Crippen molar-refractivity contribution in [3.8, 4) is 0 Å². The summed E-state index contributed by atoms with van der Waals surface area (Å²) in [6.45, 7) is 0. The molecule has 1 aliphatic carbocycles. The maximum absolute atomic E-state index is 12.8. The Morgan fingerprint density at radius 3 is 1.08 bits per heavy atom. The SMILES string of the molecule is FC1(F)C(F)(F)C(Br)(Br)C1(F)Br. The molecule has 1 saturated carbocycles. The van der Waals surface area contributed by atoms with E-state index >= 15 is 0 Å². The molecule has 12 heavy (non-hydrogen) atoms. The fourth-order valence-corrected chi connectivity index (χ4v) is 2.22. The summed E-state index contributed by atoms with van der Waals surface area (Å²) in [6, 6.07) is 0. The number of halogens is 8. The minimum atomic E-state index is -4.73. The lowest BCUT2D eigenvalue weighted by Crippen LogP contribution is -2.80. The lowest BCUT2D eigenvalue weighted by molar-refractivity contribution is -0.323. The summed E-state index contributed by atoms with van der Waals surface area (Å²) in [5.74, 6) is -9.20. The van der Waals surface area contributed by atoms with Crippen molar-refractivity contribution in [3.63, 3.8) is 0 Å². The summed E-state index contributed by atoms with van der Waals surface area (Å²) in [4.78, 5) is 0. The molecule has 0 radical (unpaired) electrons. The highest BCUT2D eigenvalue weighted by Gasteiger charge is 2.95. The minimum Gasteiger partial charge on any atom is -0.221 e. The average molecular weight is 383 g/mol. The highest BCUT2D eigenvalue weighted by atomic mass is 79.9. The molecule has 0 bridgehead atoms. The zero-order valence-corrected chi connectivity index (χ0v) is 9.78. The Balaban J connectivity index is 3.16. The molecule has 0 aliphatic heterocycles. The van der Waals surface area contributed by atoms with E-state index in [2.05, 4.69) is 31.9 Å². The van der Waals surface area contributed by atoms with Gasteiger partial charge in [-0.3, -0.25) is 0 Å². The van der Waals surface area contributed by atoms with E-state index in [-0.39, 0.29) is 0 Å². The van der Waals surface area contributed by atoms with Gasteiger partial charge in [0, 0.05) is 0 Å². The van der Waals surface area contributed by atoms with E-state index < -0.39 is 19.7 Å². The van der Waals surface area contributed by atoms with Crippen LogP contribution in [0.15, 0.2) is 0 Å². The summed E-state index contributed by atoms with van der Waals surface area (Å²) in [5, 5.41) is 0. The summed E-state index contributed by atoms with van der Waals surface area (Å²) in [6.07, 6.45) is 0. The van der Waals surface area contributed by atoms with Crippen LogP contribution in [-0.2, 0) is 0 Å². The number of rotatable bonds is 0. The Hall–Kier alpha value is 1.09. The Morgan fingerprint density at radius 1 is 0.667 bits per heavy atom. The van der Waals surface area contributed by atoms with Crippen molar-refractivity contribution in [2.45, 2.75) is 19.7 Å². The second kappa shape index (κ2) is 2.36.